The SMILES string of the molecule is Cc1c(-c2ccccc2)nc(S[C@H](C)C(=O)N(C)C(C)C)[nH]c1=O. The summed E-state index contributed by atoms with van der Waals surface area (Å²) in [7, 11) is 1.78. The average molecular weight is 345 g/mol. The Balaban J connectivity index is 2.31. The Hall–Kier alpha value is -2.08. The summed E-state index contributed by atoms with van der Waals surface area (Å²) in [5.41, 5.74) is 1.94. The second-order valence-corrected chi connectivity index (χ2v) is 7.34. The Labute approximate surface area is 146 Å². The molecule has 0 saturated carbocycles. The second kappa shape index (κ2) is 7.66. The summed E-state index contributed by atoms with van der Waals surface area (Å²) in [5.74, 6) is 0.0134. The van der Waals surface area contributed by atoms with Crippen molar-refractivity contribution < 1.29 is 4.79 Å². The normalized spacial score (nSPS) is 12.2. The van der Waals surface area contributed by atoms with Crippen LogP contribution in [0.4, 0.5) is 0 Å². The van der Waals surface area contributed by atoms with Crippen LogP contribution in [0.15, 0.2) is 40.3 Å². The van der Waals surface area contributed by atoms with Crippen LogP contribution in [0.5, 0.6) is 0 Å². The lowest BCUT2D eigenvalue weighted by atomic mass is 10.1. The lowest BCUT2D eigenvalue weighted by molar-refractivity contribution is -0.130. The van der Waals surface area contributed by atoms with Crippen LogP contribution < -0.4 is 5.56 Å². The number of thioether (sulfide) groups is 1. The summed E-state index contributed by atoms with van der Waals surface area (Å²) in [6.07, 6.45) is 0. The largest absolute Gasteiger partial charge is 0.342 e. The zero-order chi connectivity index (χ0) is 17.9. The van der Waals surface area contributed by atoms with Crippen molar-refractivity contribution in [3.63, 3.8) is 0 Å². The first kappa shape index (κ1) is 18.3. The number of H-pyrrole nitrogens is 1. The number of aromatic nitrogens is 2. The van der Waals surface area contributed by atoms with E-state index in [1.165, 1.54) is 11.8 Å². The van der Waals surface area contributed by atoms with Gasteiger partial charge in [0.15, 0.2) is 5.16 Å². The smallest absolute Gasteiger partial charge is 0.255 e. The highest BCUT2D eigenvalue weighted by molar-refractivity contribution is 8.00. The highest BCUT2D eigenvalue weighted by atomic mass is 32.2. The van der Waals surface area contributed by atoms with E-state index in [0.717, 1.165) is 5.56 Å². The summed E-state index contributed by atoms with van der Waals surface area (Å²) in [4.78, 5) is 33.6. The third kappa shape index (κ3) is 4.06. The third-order valence-electron chi connectivity index (χ3n) is 3.94. The Bertz CT molecular complexity index is 772. The van der Waals surface area contributed by atoms with Crippen LogP contribution in [0.2, 0.25) is 0 Å². The first-order valence-corrected chi connectivity index (χ1v) is 8.79. The molecule has 1 N–H and O–H groups in total. The summed E-state index contributed by atoms with van der Waals surface area (Å²) in [6.45, 7) is 7.52. The summed E-state index contributed by atoms with van der Waals surface area (Å²) in [6, 6.07) is 9.71. The van der Waals surface area contributed by atoms with Crippen LogP contribution in [-0.2, 0) is 4.79 Å². The number of benzene rings is 1. The number of rotatable bonds is 5. The van der Waals surface area contributed by atoms with E-state index in [2.05, 4.69) is 9.97 Å². The minimum absolute atomic E-state index is 0.0134. The molecule has 5 nitrogen and oxygen atoms in total. The lowest BCUT2D eigenvalue weighted by Crippen LogP contribution is -2.38. The van der Waals surface area contributed by atoms with Crippen LogP contribution in [0, 0.1) is 6.92 Å². The molecule has 24 heavy (non-hydrogen) atoms. The number of carbonyl (C=O) groups excluding carboxylic acids is 1. The van der Waals surface area contributed by atoms with Crippen molar-refractivity contribution >= 4 is 17.7 Å². The van der Waals surface area contributed by atoms with Crippen LogP contribution in [0.25, 0.3) is 11.3 Å². The number of nitrogens with zero attached hydrogens (tertiary/aromatic N) is 2. The van der Waals surface area contributed by atoms with Gasteiger partial charge in [-0.05, 0) is 27.7 Å². The average Bonchev–Trinajstić information content (AvgIpc) is 2.57. The van der Waals surface area contributed by atoms with E-state index in [-0.39, 0.29) is 22.8 Å². The summed E-state index contributed by atoms with van der Waals surface area (Å²) < 4.78 is 0. The molecule has 0 aliphatic heterocycles. The maximum Gasteiger partial charge on any atom is 0.255 e. The molecule has 1 atom stereocenters. The van der Waals surface area contributed by atoms with Gasteiger partial charge in [-0.15, -0.1) is 0 Å². The summed E-state index contributed by atoms with van der Waals surface area (Å²) in [5, 5.41) is 0.134. The minimum Gasteiger partial charge on any atom is -0.342 e. The van der Waals surface area contributed by atoms with Crippen molar-refractivity contribution in [1.29, 1.82) is 0 Å². The van der Waals surface area contributed by atoms with E-state index in [0.29, 0.717) is 16.4 Å². The summed E-state index contributed by atoms with van der Waals surface area (Å²) >= 11 is 1.27. The highest BCUT2D eigenvalue weighted by Gasteiger charge is 2.22. The number of hydrogen-bond acceptors (Lipinski definition) is 4. The molecule has 0 spiro atoms. The van der Waals surface area contributed by atoms with Gasteiger partial charge in [0.25, 0.3) is 5.56 Å². The molecule has 0 saturated heterocycles. The molecule has 128 valence electrons. The van der Waals surface area contributed by atoms with E-state index in [4.69, 9.17) is 0 Å². The Morgan fingerprint density at radius 3 is 2.42 bits per heavy atom. The van der Waals surface area contributed by atoms with Gasteiger partial charge in [-0.3, -0.25) is 9.59 Å². The molecule has 2 aromatic rings. The van der Waals surface area contributed by atoms with Gasteiger partial charge in [0.1, 0.15) is 0 Å². The van der Waals surface area contributed by atoms with Crippen molar-refractivity contribution in [1.82, 2.24) is 14.9 Å². The van der Waals surface area contributed by atoms with Gasteiger partial charge in [-0.25, -0.2) is 4.98 Å². The van der Waals surface area contributed by atoms with Crippen molar-refractivity contribution in [3.05, 3.63) is 46.2 Å². The number of amides is 1. The van der Waals surface area contributed by atoms with Crippen LogP contribution in [-0.4, -0.2) is 39.1 Å². The van der Waals surface area contributed by atoms with Gasteiger partial charge in [0.2, 0.25) is 5.91 Å². The number of hydrogen-bond donors (Lipinski definition) is 1. The Morgan fingerprint density at radius 2 is 1.83 bits per heavy atom. The van der Waals surface area contributed by atoms with E-state index in [9.17, 15) is 9.59 Å². The van der Waals surface area contributed by atoms with Gasteiger partial charge in [0.05, 0.1) is 10.9 Å². The molecule has 0 aliphatic carbocycles. The minimum atomic E-state index is -0.327. The standard InChI is InChI=1S/C18H23N3O2S/c1-11(2)21(5)17(23)13(4)24-18-19-15(12(3)16(22)20-18)14-9-7-6-8-10-14/h6-11,13H,1-5H3,(H,19,20,22)/t13-/m1/s1. The van der Waals surface area contributed by atoms with Crippen molar-refractivity contribution in [3.8, 4) is 11.3 Å². The molecule has 1 amide bonds. The topological polar surface area (TPSA) is 66.1 Å². The Kier molecular flexibility index (Phi) is 5.83. The molecule has 1 aromatic heterocycles. The zero-order valence-corrected chi connectivity index (χ0v) is 15.5. The molecular weight excluding hydrogens is 322 g/mol. The second-order valence-electron chi connectivity index (χ2n) is 6.01. The van der Waals surface area contributed by atoms with Crippen molar-refractivity contribution in [2.45, 2.75) is 44.1 Å². The van der Waals surface area contributed by atoms with E-state index in [1.54, 1.807) is 18.9 Å². The number of aromatic amines is 1. The predicted molar refractivity (Wildman–Crippen MR) is 98.3 cm³/mol. The highest BCUT2D eigenvalue weighted by Crippen LogP contribution is 2.25. The van der Waals surface area contributed by atoms with Gasteiger partial charge < -0.3 is 9.88 Å². The maximum absolute atomic E-state index is 12.4. The van der Waals surface area contributed by atoms with Crippen molar-refractivity contribution in [2.75, 3.05) is 7.05 Å². The molecule has 0 bridgehead atoms. The van der Waals surface area contributed by atoms with Crippen LogP contribution in [0.1, 0.15) is 26.3 Å². The molecular formula is C18H23N3O2S. The fourth-order valence-corrected chi connectivity index (χ4v) is 3.10. The third-order valence-corrected chi connectivity index (χ3v) is 4.91. The molecule has 1 aromatic carbocycles. The van der Waals surface area contributed by atoms with Gasteiger partial charge >= 0.3 is 0 Å². The fourth-order valence-electron chi connectivity index (χ4n) is 2.20. The van der Waals surface area contributed by atoms with E-state index >= 15 is 0 Å². The molecule has 0 unspecified atom stereocenters. The number of carbonyl (C=O) groups is 1. The quantitative estimate of drug-likeness (QED) is 0.668. The molecule has 2 rings (SSSR count). The lowest BCUT2D eigenvalue weighted by Gasteiger charge is -2.24. The van der Waals surface area contributed by atoms with Gasteiger partial charge in [-0.2, -0.15) is 0 Å². The maximum atomic E-state index is 12.4. The molecule has 0 aliphatic rings. The monoisotopic (exact) mass is 345 g/mol. The van der Waals surface area contributed by atoms with Crippen LogP contribution >= 0.6 is 11.8 Å². The molecule has 1 heterocycles. The fraction of sp³-hybridized carbons (Fsp3) is 0.389. The zero-order valence-electron chi connectivity index (χ0n) is 14.7. The molecule has 0 fully saturated rings. The van der Waals surface area contributed by atoms with Gasteiger partial charge in [-0.1, -0.05) is 42.1 Å². The first-order valence-electron chi connectivity index (χ1n) is 7.91. The molecule has 6 heteroatoms. The number of nitrogens with one attached hydrogen (secondary N) is 1. The van der Waals surface area contributed by atoms with E-state index in [1.807, 2.05) is 51.1 Å². The van der Waals surface area contributed by atoms with E-state index < -0.39 is 0 Å². The predicted octanol–water partition coefficient (Wildman–Crippen LogP) is 3.09. The van der Waals surface area contributed by atoms with Crippen LogP contribution in [0.3, 0.4) is 0 Å². The Morgan fingerprint density at radius 1 is 1.21 bits per heavy atom. The first-order chi connectivity index (χ1) is 11.3. The van der Waals surface area contributed by atoms with Gasteiger partial charge in [0, 0.05) is 24.2 Å². The molecule has 0 radical (unpaired) electrons. The van der Waals surface area contributed by atoms with Crippen molar-refractivity contribution in [2.24, 2.45) is 0 Å².